The van der Waals surface area contributed by atoms with E-state index in [0.29, 0.717) is 6.54 Å². The van der Waals surface area contributed by atoms with Crippen molar-refractivity contribution in [2.24, 2.45) is 0 Å². The summed E-state index contributed by atoms with van der Waals surface area (Å²) in [5.74, 6) is 0. The predicted molar refractivity (Wildman–Crippen MR) is 54.8 cm³/mol. The SMILES string of the molecule is CCN(C1CNC1)S(=O)(=O)c1ccn[nH]1. The van der Waals surface area contributed by atoms with Gasteiger partial charge in [0.05, 0.1) is 12.2 Å². The van der Waals surface area contributed by atoms with Gasteiger partial charge in [-0.1, -0.05) is 6.92 Å². The zero-order valence-corrected chi connectivity index (χ0v) is 9.29. The van der Waals surface area contributed by atoms with E-state index in [1.165, 1.54) is 16.6 Å². The van der Waals surface area contributed by atoms with E-state index >= 15 is 0 Å². The minimum Gasteiger partial charge on any atom is -0.313 e. The highest BCUT2D eigenvalue weighted by Gasteiger charge is 2.34. The Labute approximate surface area is 88.7 Å². The van der Waals surface area contributed by atoms with Crippen LogP contribution in [0.3, 0.4) is 0 Å². The molecule has 0 aliphatic carbocycles. The minimum atomic E-state index is -3.39. The number of H-pyrrole nitrogens is 1. The normalized spacial score (nSPS) is 18.0. The molecule has 1 aromatic heterocycles. The van der Waals surface area contributed by atoms with Crippen LogP contribution in [0, 0.1) is 0 Å². The van der Waals surface area contributed by atoms with Gasteiger partial charge in [0.2, 0.25) is 0 Å². The summed E-state index contributed by atoms with van der Waals surface area (Å²) in [5.41, 5.74) is 0. The average molecular weight is 230 g/mol. The Morgan fingerprint density at radius 2 is 2.33 bits per heavy atom. The number of aromatic nitrogens is 2. The van der Waals surface area contributed by atoms with E-state index in [1.807, 2.05) is 6.92 Å². The minimum absolute atomic E-state index is 0.0725. The fourth-order valence-electron chi connectivity index (χ4n) is 1.61. The molecule has 0 bridgehead atoms. The van der Waals surface area contributed by atoms with Crippen LogP contribution in [0.2, 0.25) is 0 Å². The Morgan fingerprint density at radius 1 is 1.60 bits per heavy atom. The standard InChI is InChI=1S/C8H14N4O2S/c1-2-12(7-5-9-6-7)15(13,14)8-3-4-10-11-8/h3-4,7,9H,2,5-6H2,1H3,(H,10,11). The molecule has 6 nitrogen and oxygen atoms in total. The molecule has 0 unspecified atom stereocenters. The number of rotatable bonds is 4. The first-order valence-corrected chi connectivity index (χ1v) is 6.32. The quantitative estimate of drug-likeness (QED) is 0.723. The van der Waals surface area contributed by atoms with Crippen molar-refractivity contribution in [2.75, 3.05) is 19.6 Å². The highest BCUT2D eigenvalue weighted by atomic mass is 32.2. The molecule has 2 rings (SSSR count). The van der Waals surface area contributed by atoms with Gasteiger partial charge in [-0.3, -0.25) is 5.10 Å². The Balaban J connectivity index is 2.27. The average Bonchev–Trinajstić information content (AvgIpc) is 2.63. The summed E-state index contributed by atoms with van der Waals surface area (Å²) in [6, 6.07) is 1.55. The molecule has 0 spiro atoms. The van der Waals surface area contributed by atoms with Crippen molar-refractivity contribution in [3.05, 3.63) is 12.3 Å². The highest BCUT2D eigenvalue weighted by molar-refractivity contribution is 7.89. The lowest BCUT2D eigenvalue weighted by Gasteiger charge is -2.36. The van der Waals surface area contributed by atoms with E-state index in [-0.39, 0.29) is 11.1 Å². The summed E-state index contributed by atoms with van der Waals surface area (Å²) < 4.78 is 25.7. The largest absolute Gasteiger partial charge is 0.313 e. The Morgan fingerprint density at radius 3 is 2.73 bits per heavy atom. The highest BCUT2D eigenvalue weighted by Crippen LogP contribution is 2.17. The molecule has 84 valence electrons. The van der Waals surface area contributed by atoms with Crippen molar-refractivity contribution in [2.45, 2.75) is 18.0 Å². The predicted octanol–water partition coefficient (Wildman–Crippen LogP) is -0.608. The van der Waals surface area contributed by atoms with E-state index < -0.39 is 10.0 Å². The van der Waals surface area contributed by atoms with Crippen molar-refractivity contribution >= 4 is 10.0 Å². The van der Waals surface area contributed by atoms with E-state index in [0.717, 1.165) is 13.1 Å². The van der Waals surface area contributed by atoms with Crippen LogP contribution in [0.1, 0.15) is 6.92 Å². The monoisotopic (exact) mass is 230 g/mol. The van der Waals surface area contributed by atoms with Crippen LogP contribution in [0.5, 0.6) is 0 Å². The molecule has 15 heavy (non-hydrogen) atoms. The third kappa shape index (κ3) is 1.77. The molecule has 0 atom stereocenters. The van der Waals surface area contributed by atoms with Crippen LogP contribution in [-0.2, 0) is 10.0 Å². The molecule has 1 saturated heterocycles. The number of likely N-dealkylation sites (N-methyl/N-ethyl adjacent to an activating group) is 1. The lowest BCUT2D eigenvalue weighted by atomic mass is 10.2. The van der Waals surface area contributed by atoms with Gasteiger partial charge < -0.3 is 5.32 Å². The summed E-state index contributed by atoms with van der Waals surface area (Å²) in [7, 11) is -3.39. The topological polar surface area (TPSA) is 78.1 Å². The van der Waals surface area contributed by atoms with Gasteiger partial charge in [0, 0.05) is 19.6 Å². The molecule has 7 heteroatoms. The summed E-state index contributed by atoms with van der Waals surface area (Å²) >= 11 is 0. The van der Waals surface area contributed by atoms with Crippen LogP contribution in [-0.4, -0.2) is 48.6 Å². The van der Waals surface area contributed by atoms with Crippen LogP contribution in [0.4, 0.5) is 0 Å². The van der Waals surface area contributed by atoms with Crippen LogP contribution in [0.15, 0.2) is 17.3 Å². The summed E-state index contributed by atoms with van der Waals surface area (Å²) in [6.45, 7) is 3.77. The van der Waals surface area contributed by atoms with E-state index in [2.05, 4.69) is 15.5 Å². The maximum Gasteiger partial charge on any atom is 0.260 e. The molecular formula is C8H14N4O2S. The maximum absolute atomic E-state index is 12.1. The summed E-state index contributed by atoms with van der Waals surface area (Å²) in [4.78, 5) is 0. The van der Waals surface area contributed by atoms with E-state index in [4.69, 9.17) is 0 Å². The van der Waals surface area contributed by atoms with Gasteiger partial charge in [0.25, 0.3) is 10.0 Å². The molecule has 2 heterocycles. The molecule has 1 aromatic rings. The number of nitrogens with one attached hydrogen (secondary N) is 2. The number of aromatic amines is 1. The number of nitrogens with zero attached hydrogens (tertiary/aromatic N) is 2. The number of hydrogen-bond acceptors (Lipinski definition) is 4. The van der Waals surface area contributed by atoms with Gasteiger partial charge in [-0.05, 0) is 6.07 Å². The van der Waals surface area contributed by atoms with Gasteiger partial charge in [-0.2, -0.15) is 9.40 Å². The second-order valence-corrected chi connectivity index (χ2v) is 5.30. The summed E-state index contributed by atoms with van der Waals surface area (Å²) in [5, 5.41) is 9.38. The lowest BCUT2D eigenvalue weighted by Crippen LogP contribution is -2.58. The van der Waals surface area contributed by atoms with Gasteiger partial charge >= 0.3 is 0 Å². The first kappa shape index (κ1) is 10.6. The van der Waals surface area contributed by atoms with E-state index in [9.17, 15) is 8.42 Å². The second-order valence-electron chi connectivity index (χ2n) is 3.44. The van der Waals surface area contributed by atoms with Crippen molar-refractivity contribution in [1.29, 1.82) is 0 Å². The molecule has 1 aliphatic heterocycles. The van der Waals surface area contributed by atoms with Crippen molar-refractivity contribution < 1.29 is 8.42 Å². The zero-order valence-electron chi connectivity index (χ0n) is 8.47. The third-order valence-electron chi connectivity index (χ3n) is 2.54. The molecule has 1 aliphatic rings. The Bertz CT molecular complexity index is 410. The van der Waals surface area contributed by atoms with Crippen molar-refractivity contribution in [3.63, 3.8) is 0 Å². The first-order valence-electron chi connectivity index (χ1n) is 4.88. The van der Waals surface area contributed by atoms with Crippen LogP contribution >= 0.6 is 0 Å². The van der Waals surface area contributed by atoms with Crippen LogP contribution in [0.25, 0.3) is 0 Å². The maximum atomic E-state index is 12.1. The molecule has 0 amide bonds. The number of sulfonamides is 1. The molecule has 2 N–H and O–H groups in total. The first-order chi connectivity index (χ1) is 7.16. The van der Waals surface area contributed by atoms with Gasteiger partial charge in [-0.25, -0.2) is 8.42 Å². The third-order valence-corrected chi connectivity index (χ3v) is 4.50. The van der Waals surface area contributed by atoms with Crippen molar-refractivity contribution in [3.8, 4) is 0 Å². The van der Waals surface area contributed by atoms with Gasteiger partial charge in [0.15, 0.2) is 5.03 Å². The number of hydrogen-bond donors (Lipinski definition) is 2. The van der Waals surface area contributed by atoms with Crippen LogP contribution < -0.4 is 5.32 Å². The fraction of sp³-hybridized carbons (Fsp3) is 0.625. The van der Waals surface area contributed by atoms with E-state index in [1.54, 1.807) is 0 Å². The molecular weight excluding hydrogens is 216 g/mol. The molecule has 1 fully saturated rings. The Kier molecular flexibility index (Phi) is 2.76. The van der Waals surface area contributed by atoms with Gasteiger partial charge in [0.1, 0.15) is 0 Å². The Hall–Kier alpha value is -0.920. The smallest absolute Gasteiger partial charge is 0.260 e. The molecule has 0 saturated carbocycles. The van der Waals surface area contributed by atoms with Crippen molar-refractivity contribution in [1.82, 2.24) is 19.8 Å². The van der Waals surface area contributed by atoms with Gasteiger partial charge in [-0.15, -0.1) is 0 Å². The zero-order chi connectivity index (χ0) is 10.9. The fourth-order valence-corrected chi connectivity index (χ4v) is 3.15. The lowest BCUT2D eigenvalue weighted by molar-refractivity contribution is 0.249. The molecule has 0 radical (unpaired) electrons. The second kappa shape index (κ2) is 3.92. The summed E-state index contributed by atoms with van der Waals surface area (Å²) in [6.07, 6.45) is 1.44. The molecule has 0 aromatic carbocycles.